The van der Waals surface area contributed by atoms with Gasteiger partial charge in [0.2, 0.25) is 5.91 Å². The van der Waals surface area contributed by atoms with E-state index in [1.54, 1.807) is 25.7 Å². The molecule has 1 atom stereocenters. The first kappa shape index (κ1) is 15.8. The topological polar surface area (TPSA) is 70.1 Å². The number of aliphatic hydroxyl groups excluding tert-OH is 1. The lowest BCUT2D eigenvalue weighted by Crippen LogP contribution is -2.48. The SMILES string of the molecule is CC(=O)N1CCCN(C(=O)OC(C)(C)C)C(CO)C1. The molecule has 2 amide bonds. The van der Waals surface area contributed by atoms with Crippen molar-refractivity contribution in [2.24, 2.45) is 0 Å². The zero-order valence-corrected chi connectivity index (χ0v) is 12.2. The molecule has 110 valence electrons. The second-order valence-corrected chi connectivity index (χ2v) is 5.83. The predicted molar refractivity (Wildman–Crippen MR) is 70.7 cm³/mol. The smallest absolute Gasteiger partial charge is 0.410 e. The molecular weight excluding hydrogens is 248 g/mol. The summed E-state index contributed by atoms with van der Waals surface area (Å²) >= 11 is 0. The molecule has 0 aliphatic carbocycles. The van der Waals surface area contributed by atoms with E-state index in [2.05, 4.69) is 0 Å². The predicted octanol–water partition coefficient (Wildman–Crippen LogP) is 0.837. The fraction of sp³-hybridized carbons (Fsp3) is 0.846. The molecule has 0 aromatic rings. The van der Waals surface area contributed by atoms with Crippen molar-refractivity contribution in [3.8, 4) is 0 Å². The number of carbonyl (C=O) groups is 2. The monoisotopic (exact) mass is 272 g/mol. The van der Waals surface area contributed by atoms with Crippen LogP contribution in [-0.2, 0) is 9.53 Å². The van der Waals surface area contributed by atoms with Gasteiger partial charge in [0.05, 0.1) is 12.6 Å². The maximum absolute atomic E-state index is 12.1. The van der Waals surface area contributed by atoms with Gasteiger partial charge in [0, 0.05) is 26.6 Å². The van der Waals surface area contributed by atoms with Crippen LogP contribution in [0.3, 0.4) is 0 Å². The van der Waals surface area contributed by atoms with Gasteiger partial charge in [-0.05, 0) is 27.2 Å². The van der Waals surface area contributed by atoms with E-state index in [0.717, 1.165) is 0 Å². The zero-order chi connectivity index (χ0) is 14.6. The van der Waals surface area contributed by atoms with Crippen molar-refractivity contribution in [2.45, 2.75) is 45.8 Å². The highest BCUT2D eigenvalue weighted by atomic mass is 16.6. The molecule has 19 heavy (non-hydrogen) atoms. The van der Waals surface area contributed by atoms with Crippen LogP contribution in [0.25, 0.3) is 0 Å². The van der Waals surface area contributed by atoms with Gasteiger partial charge < -0.3 is 19.6 Å². The molecule has 0 saturated carbocycles. The van der Waals surface area contributed by atoms with Crippen molar-refractivity contribution in [3.63, 3.8) is 0 Å². The van der Waals surface area contributed by atoms with Crippen LogP contribution in [-0.4, -0.2) is 64.8 Å². The summed E-state index contributed by atoms with van der Waals surface area (Å²) in [5.74, 6) is -0.0375. The average Bonchev–Trinajstić information content (AvgIpc) is 2.48. The summed E-state index contributed by atoms with van der Waals surface area (Å²) in [6, 6.07) is -0.402. The Hall–Kier alpha value is -1.30. The molecule has 6 heteroatoms. The fourth-order valence-electron chi connectivity index (χ4n) is 2.06. The molecular formula is C13H24N2O4. The Labute approximate surface area is 114 Å². The van der Waals surface area contributed by atoms with Crippen LogP contribution in [0.5, 0.6) is 0 Å². The molecule has 1 fully saturated rings. The highest BCUT2D eigenvalue weighted by Gasteiger charge is 2.31. The number of nitrogens with zero attached hydrogens (tertiary/aromatic N) is 2. The molecule has 1 aliphatic rings. The lowest BCUT2D eigenvalue weighted by Gasteiger charge is -2.32. The van der Waals surface area contributed by atoms with Gasteiger partial charge >= 0.3 is 6.09 Å². The highest BCUT2D eigenvalue weighted by molar-refractivity contribution is 5.73. The van der Waals surface area contributed by atoms with Gasteiger partial charge in [-0.15, -0.1) is 0 Å². The van der Waals surface area contributed by atoms with Gasteiger partial charge in [0.1, 0.15) is 5.60 Å². The normalized spacial score (nSPS) is 21.0. The van der Waals surface area contributed by atoms with Crippen LogP contribution in [0.15, 0.2) is 0 Å². The molecule has 6 nitrogen and oxygen atoms in total. The first-order valence-corrected chi connectivity index (χ1v) is 6.60. The molecule has 0 aromatic carbocycles. The van der Waals surface area contributed by atoms with Crippen LogP contribution in [0, 0.1) is 0 Å². The molecule has 0 radical (unpaired) electrons. The molecule has 0 bridgehead atoms. The summed E-state index contributed by atoms with van der Waals surface area (Å²) in [7, 11) is 0. The average molecular weight is 272 g/mol. The fourth-order valence-corrected chi connectivity index (χ4v) is 2.06. The van der Waals surface area contributed by atoms with Gasteiger partial charge in [-0.2, -0.15) is 0 Å². The summed E-state index contributed by atoms with van der Waals surface area (Å²) in [5.41, 5.74) is -0.566. The number of hydrogen-bond acceptors (Lipinski definition) is 4. The Bertz CT molecular complexity index is 338. The standard InChI is InChI=1S/C13H24N2O4/c1-10(17)14-6-5-7-15(11(8-14)9-16)12(18)19-13(2,3)4/h11,16H,5-9H2,1-4H3. The second kappa shape index (κ2) is 6.23. The minimum atomic E-state index is -0.566. The van der Waals surface area contributed by atoms with E-state index in [-0.39, 0.29) is 12.5 Å². The summed E-state index contributed by atoms with van der Waals surface area (Å²) in [6.07, 6.45) is 0.256. The Balaban J connectivity index is 2.76. The molecule has 1 unspecified atom stereocenters. The van der Waals surface area contributed by atoms with E-state index in [1.807, 2.05) is 0 Å². The molecule has 0 spiro atoms. The minimum Gasteiger partial charge on any atom is -0.444 e. The lowest BCUT2D eigenvalue weighted by atomic mass is 10.2. The van der Waals surface area contributed by atoms with Crippen molar-refractivity contribution in [1.29, 1.82) is 0 Å². The Kier molecular flexibility index (Phi) is 5.17. The van der Waals surface area contributed by atoms with Crippen LogP contribution in [0.1, 0.15) is 34.1 Å². The van der Waals surface area contributed by atoms with E-state index in [0.29, 0.717) is 26.1 Å². The number of rotatable bonds is 1. The van der Waals surface area contributed by atoms with Gasteiger partial charge in [0.15, 0.2) is 0 Å². The lowest BCUT2D eigenvalue weighted by molar-refractivity contribution is -0.129. The maximum atomic E-state index is 12.1. The number of amides is 2. The van der Waals surface area contributed by atoms with Crippen molar-refractivity contribution >= 4 is 12.0 Å². The third-order valence-electron chi connectivity index (χ3n) is 2.98. The molecule has 1 heterocycles. The van der Waals surface area contributed by atoms with Crippen molar-refractivity contribution in [1.82, 2.24) is 9.80 Å². The largest absolute Gasteiger partial charge is 0.444 e. The number of hydrogen-bond donors (Lipinski definition) is 1. The van der Waals surface area contributed by atoms with Gasteiger partial charge in [-0.1, -0.05) is 0 Å². The van der Waals surface area contributed by atoms with Crippen molar-refractivity contribution < 1.29 is 19.4 Å². The first-order valence-electron chi connectivity index (χ1n) is 6.60. The van der Waals surface area contributed by atoms with Gasteiger partial charge in [-0.25, -0.2) is 4.79 Å². The first-order chi connectivity index (χ1) is 8.74. The van der Waals surface area contributed by atoms with E-state index < -0.39 is 17.7 Å². The van der Waals surface area contributed by atoms with Crippen LogP contribution in [0.4, 0.5) is 4.79 Å². The molecule has 1 saturated heterocycles. The second-order valence-electron chi connectivity index (χ2n) is 5.83. The maximum Gasteiger partial charge on any atom is 0.410 e. The van der Waals surface area contributed by atoms with E-state index in [9.17, 15) is 14.7 Å². The summed E-state index contributed by atoms with van der Waals surface area (Å²) < 4.78 is 5.33. The highest BCUT2D eigenvalue weighted by Crippen LogP contribution is 2.15. The zero-order valence-electron chi connectivity index (χ0n) is 12.2. The molecule has 1 aliphatic heterocycles. The van der Waals surface area contributed by atoms with Gasteiger partial charge in [0.25, 0.3) is 0 Å². The summed E-state index contributed by atoms with van der Waals surface area (Å²) in [6.45, 7) is 8.18. The van der Waals surface area contributed by atoms with E-state index >= 15 is 0 Å². The third-order valence-corrected chi connectivity index (χ3v) is 2.98. The molecule has 1 rings (SSSR count). The number of carbonyl (C=O) groups excluding carboxylic acids is 2. The van der Waals surface area contributed by atoms with Crippen molar-refractivity contribution in [3.05, 3.63) is 0 Å². The summed E-state index contributed by atoms with van der Waals surface area (Å²) in [4.78, 5) is 26.7. The van der Waals surface area contributed by atoms with Crippen LogP contribution < -0.4 is 0 Å². The van der Waals surface area contributed by atoms with E-state index in [4.69, 9.17) is 4.74 Å². The Morgan fingerprint density at radius 1 is 1.32 bits per heavy atom. The third kappa shape index (κ3) is 4.70. The Morgan fingerprint density at radius 2 is 1.95 bits per heavy atom. The summed E-state index contributed by atoms with van der Waals surface area (Å²) in [5, 5.41) is 9.45. The van der Waals surface area contributed by atoms with Crippen molar-refractivity contribution in [2.75, 3.05) is 26.2 Å². The number of aliphatic hydroxyl groups is 1. The quantitative estimate of drug-likeness (QED) is 0.768. The minimum absolute atomic E-state index is 0.0375. The van der Waals surface area contributed by atoms with Gasteiger partial charge in [-0.3, -0.25) is 4.79 Å². The van der Waals surface area contributed by atoms with Crippen LogP contribution >= 0.6 is 0 Å². The van der Waals surface area contributed by atoms with E-state index in [1.165, 1.54) is 11.8 Å². The Morgan fingerprint density at radius 3 is 2.42 bits per heavy atom. The molecule has 0 aromatic heterocycles. The number of ether oxygens (including phenoxy) is 1. The van der Waals surface area contributed by atoms with Crippen LogP contribution in [0.2, 0.25) is 0 Å². The molecule has 1 N–H and O–H groups in total.